The van der Waals surface area contributed by atoms with E-state index in [0.29, 0.717) is 12.8 Å². The van der Waals surface area contributed by atoms with Crippen LogP contribution in [-0.4, -0.2) is 30.9 Å². The van der Waals surface area contributed by atoms with Crippen molar-refractivity contribution in [1.29, 1.82) is 0 Å². The molecule has 0 fully saturated rings. The number of hydrogen-bond donors (Lipinski definition) is 3. The maximum Gasteiger partial charge on any atom is 0.243 e. The van der Waals surface area contributed by atoms with Crippen LogP contribution in [0.2, 0.25) is 0 Å². The molecule has 4 N–H and O–H groups in total. The first kappa shape index (κ1) is 12.9. The summed E-state index contributed by atoms with van der Waals surface area (Å²) < 4.78 is 0. The van der Waals surface area contributed by atoms with Crippen LogP contribution in [-0.2, 0) is 9.59 Å². The molecule has 0 aliphatic heterocycles. The van der Waals surface area contributed by atoms with E-state index in [4.69, 9.17) is 5.73 Å². The predicted molar refractivity (Wildman–Crippen MR) is 54.6 cm³/mol. The third-order valence-electron chi connectivity index (χ3n) is 2.39. The van der Waals surface area contributed by atoms with Crippen molar-refractivity contribution in [2.24, 2.45) is 5.73 Å². The van der Waals surface area contributed by atoms with E-state index in [0.717, 1.165) is 0 Å². The number of nitrogens with two attached hydrogens (primary N) is 1. The van der Waals surface area contributed by atoms with Gasteiger partial charge in [0.05, 0.1) is 6.54 Å². The molecule has 0 heterocycles. The Kier molecular flexibility index (Phi) is 5.15. The second-order valence-electron chi connectivity index (χ2n) is 3.23. The van der Waals surface area contributed by atoms with Crippen molar-refractivity contribution < 1.29 is 9.59 Å². The van der Waals surface area contributed by atoms with Crippen LogP contribution in [0.25, 0.3) is 0 Å². The lowest BCUT2D eigenvalue weighted by molar-refractivity contribution is -0.131. The fourth-order valence-corrected chi connectivity index (χ4v) is 1.31. The first-order valence-corrected chi connectivity index (χ1v) is 4.78. The van der Waals surface area contributed by atoms with E-state index in [-0.39, 0.29) is 12.5 Å². The third-order valence-corrected chi connectivity index (χ3v) is 2.39. The quantitative estimate of drug-likeness (QED) is 0.535. The number of carbonyl (C=O) groups is 2. The molecule has 0 bridgehead atoms. The van der Waals surface area contributed by atoms with Crippen LogP contribution in [0.1, 0.15) is 26.7 Å². The van der Waals surface area contributed by atoms with Gasteiger partial charge >= 0.3 is 0 Å². The Morgan fingerprint density at radius 1 is 1.29 bits per heavy atom. The molecule has 0 saturated heterocycles. The zero-order valence-electron chi connectivity index (χ0n) is 9.02. The molecule has 0 radical (unpaired) electrons. The van der Waals surface area contributed by atoms with Gasteiger partial charge in [0, 0.05) is 0 Å². The van der Waals surface area contributed by atoms with Gasteiger partial charge in [-0.15, -0.1) is 0 Å². The van der Waals surface area contributed by atoms with E-state index >= 15 is 0 Å². The second-order valence-corrected chi connectivity index (χ2v) is 3.23. The number of nitrogens with one attached hydrogen (secondary N) is 2. The highest BCUT2D eigenvalue weighted by molar-refractivity contribution is 5.90. The van der Waals surface area contributed by atoms with Crippen molar-refractivity contribution in [2.75, 3.05) is 13.6 Å². The Morgan fingerprint density at radius 3 is 2.07 bits per heavy atom. The Labute approximate surface area is 84.4 Å². The molecule has 0 aliphatic rings. The van der Waals surface area contributed by atoms with Crippen LogP contribution in [0.3, 0.4) is 0 Å². The van der Waals surface area contributed by atoms with Crippen molar-refractivity contribution in [3.05, 3.63) is 0 Å². The Balaban J connectivity index is 4.51. The Morgan fingerprint density at radius 2 is 1.79 bits per heavy atom. The minimum Gasteiger partial charge on any atom is -0.368 e. The molecule has 82 valence electrons. The summed E-state index contributed by atoms with van der Waals surface area (Å²) in [7, 11) is 1.67. The largest absolute Gasteiger partial charge is 0.368 e. The molecule has 5 nitrogen and oxygen atoms in total. The van der Waals surface area contributed by atoms with E-state index in [9.17, 15) is 9.59 Å². The molecule has 5 heteroatoms. The first-order valence-electron chi connectivity index (χ1n) is 4.78. The molecule has 0 saturated carbocycles. The lowest BCUT2D eigenvalue weighted by Crippen LogP contribution is -2.58. The first-order chi connectivity index (χ1) is 6.52. The minimum atomic E-state index is -0.895. The van der Waals surface area contributed by atoms with Gasteiger partial charge in [0.1, 0.15) is 5.54 Å². The molecular weight excluding hydrogens is 182 g/mol. The van der Waals surface area contributed by atoms with Crippen LogP contribution >= 0.6 is 0 Å². The highest BCUT2D eigenvalue weighted by Gasteiger charge is 2.33. The van der Waals surface area contributed by atoms with Gasteiger partial charge in [-0.1, -0.05) is 13.8 Å². The summed E-state index contributed by atoms with van der Waals surface area (Å²) in [4.78, 5) is 22.5. The van der Waals surface area contributed by atoms with Crippen LogP contribution in [0.5, 0.6) is 0 Å². The lowest BCUT2D eigenvalue weighted by atomic mass is 9.92. The number of amides is 2. The summed E-state index contributed by atoms with van der Waals surface area (Å²) in [5.74, 6) is -0.693. The van der Waals surface area contributed by atoms with Gasteiger partial charge in [-0.2, -0.15) is 0 Å². The molecule has 0 aromatic rings. The summed E-state index contributed by atoms with van der Waals surface area (Å²) in [5.41, 5.74) is 4.37. The molecular formula is C9H19N3O2. The van der Waals surface area contributed by atoms with Crippen LogP contribution in [0.15, 0.2) is 0 Å². The highest BCUT2D eigenvalue weighted by Crippen LogP contribution is 2.13. The molecule has 0 rings (SSSR count). The average molecular weight is 201 g/mol. The summed E-state index contributed by atoms with van der Waals surface area (Å²) >= 11 is 0. The van der Waals surface area contributed by atoms with Crippen molar-refractivity contribution in [3.8, 4) is 0 Å². The summed E-state index contributed by atoms with van der Waals surface area (Å²) in [6.45, 7) is 3.84. The van der Waals surface area contributed by atoms with Gasteiger partial charge in [0.15, 0.2) is 0 Å². The standard InChI is InChI=1S/C9H19N3O2/c1-4-9(5-2,8(10)14)12-7(13)6-11-3/h11H,4-6H2,1-3H3,(H2,10,14)(H,12,13). The van der Waals surface area contributed by atoms with Crippen molar-refractivity contribution >= 4 is 11.8 Å². The maximum atomic E-state index is 11.3. The number of carbonyl (C=O) groups excluding carboxylic acids is 2. The molecule has 0 atom stereocenters. The van der Waals surface area contributed by atoms with Crippen LogP contribution in [0.4, 0.5) is 0 Å². The van der Waals surface area contributed by atoms with Crippen molar-refractivity contribution in [3.63, 3.8) is 0 Å². The third kappa shape index (κ3) is 2.99. The van der Waals surface area contributed by atoms with Gasteiger partial charge in [-0.05, 0) is 19.9 Å². The fraction of sp³-hybridized carbons (Fsp3) is 0.778. The van der Waals surface area contributed by atoms with E-state index in [1.165, 1.54) is 0 Å². The van der Waals surface area contributed by atoms with E-state index in [2.05, 4.69) is 10.6 Å². The molecule has 0 spiro atoms. The zero-order valence-corrected chi connectivity index (χ0v) is 9.02. The minimum absolute atomic E-state index is 0.190. The van der Waals surface area contributed by atoms with Crippen molar-refractivity contribution in [1.82, 2.24) is 10.6 Å². The Hall–Kier alpha value is -1.10. The van der Waals surface area contributed by atoms with E-state index < -0.39 is 11.4 Å². The van der Waals surface area contributed by atoms with Crippen LogP contribution < -0.4 is 16.4 Å². The van der Waals surface area contributed by atoms with Gasteiger partial charge in [0.2, 0.25) is 11.8 Å². The number of hydrogen-bond acceptors (Lipinski definition) is 3. The average Bonchev–Trinajstić information content (AvgIpc) is 2.14. The number of likely N-dealkylation sites (N-methyl/N-ethyl adjacent to an activating group) is 1. The predicted octanol–water partition coefficient (Wildman–Crippen LogP) is -0.634. The molecule has 0 aliphatic carbocycles. The van der Waals surface area contributed by atoms with Crippen LogP contribution in [0, 0.1) is 0 Å². The van der Waals surface area contributed by atoms with Crippen molar-refractivity contribution in [2.45, 2.75) is 32.2 Å². The number of primary amides is 1. The normalized spacial score (nSPS) is 11.1. The van der Waals surface area contributed by atoms with Gasteiger partial charge in [-0.3, -0.25) is 9.59 Å². The fourth-order valence-electron chi connectivity index (χ4n) is 1.31. The SMILES string of the molecule is CCC(CC)(NC(=O)CNC)C(N)=O. The van der Waals surface area contributed by atoms with E-state index in [1.54, 1.807) is 7.05 Å². The summed E-state index contributed by atoms with van der Waals surface area (Å²) in [5, 5.41) is 5.37. The molecule has 0 aromatic heterocycles. The number of rotatable bonds is 6. The summed E-state index contributed by atoms with van der Waals surface area (Å²) in [6.07, 6.45) is 1.02. The topological polar surface area (TPSA) is 84.2 Å². The second kappa shape index (κ2) is 5.59. The Bertz CT molecular complexity index is 212. The molecule has 14 heavy (non-hydrogen) atoms. The zero-order chi connectivity index (χ0) is 11.2. The van der Waals surface area contributed by atoms with Gasteiger partial charge < -0.3 is 16.4 Å². The molecule has 0 aromatic carbocycles. The maximum absolute atomic E-state index is 11.3. The summed E-state index contributed by atoms with van der Waals surface area (Å²) in [6, 6.07) is 0. The molecule has 2 amide bonds. The van der Waals surface area contributed by atoms with Gasteiger partial charge in [0.25, 0.3) is 0 Å². The molecule has 0 unspecified atom stereocenters. The van der Waals surface area contributed by atoms with Gasteiger partial charge in [-0.25, -0.2) is 0 Å². The lowest BCUT2D eigenvalue weighted by Gasteiger charge is -2.29. The smallest absolute Gasteiger partial charge is 0.243 e. The monoisotopic (exact) mass is 201 g/mol. The highest BCUT2D eigenvalue weighted by atomic mass is 16.2. The van der Waals surface area contributed by atoms with E-state index in [1.807, 2.05) is 13.8 Å².